The Hall–Kier alpha value is -1.63. The third-order valence-corrected chi connectivity index (χ3v) is 10.4. The molecule has 1 saturated heterocycles. The van der Waals surface area contributed by atoms with Gasteiger partial charge in [0.2, 0.25) is 0 Å². The van der Waals surface area contributed by atoms with Crippen molar-refractivity contribution in [1.29, 1.82) is 0 Å². The number of ether oxygens (including phenoxy) is 4. The molecule has 0 aromatic heterocycles. The van der Waals surface area contributed by atoms with Gasteiger partial charge in [-0.3, -0.25) is 0 Å². The summed E-state index contributed by atoms with van der Waals surface area (Å²) in [5, 5.41) is 10.2. The number of phenols is 1. The zero-order valence-electron chi connectivity index (χ0n) is 19.9. The van der Waals surface area contributed by atoms with Gasteiger partial charge in [0.05, 0.1) is 6.10 Å². The lowest BCUT2D eigenvalue weighted by Crippen LogP contribution is -2.62. The van der Waals surface area contributed by atoms with Gasteiger partial charge in [-0.1, -0.05) is 26.0 Å². The Labute approximate surface area is 195 Å². The van der Waals surface area contributed by atoms with Crippen LogP contribution in [0.5, 0.6) is 5.75 Å². The number of methoxy groups -OCH3 is 1. The molecular formula is C27H36O6. The lowest BCUT2D eigenvalue weighted by atomic mass is 9.56. The average Bonchev–Trinajstić information content (AvgIpc) is 3.34. The second-order valence-corrected chi connectivity index (χ2v) is 11.5. The Morgan fingerprint density at radius 1 is 1.12 bits per heavy atom. The standard InChI is InChI=1S/C27H36O6/c1-16-11-19-21(33-24(29)18-7-4-5-8-20(18)28)9-6-10-25(19,2)23-12-17-13-27(23)26(16,31-15-32-27)14-22(17)30-3/h4-5,7-8,16-17,19,21-23,28H,6,9-15H2,1-3H3/t16-,17+,19?,21?,22+,23?,25-,26+,27-/m1/s1. The highest BCUT2D eigenvalue weighted by Gasteiger charge is 2.76. The van der Waals surface area contributed by atoms with E-state index in [2.05, 4.69) is 13.8 Å². The lowest BCUT2D eigenvalue weighted by molar-refractivity contribution is -0.160. The van der Waals surface area contributed by atoms with E-state index in [1.54, 1.807) is 18.2 Å². The SMILES string of the molecule is CO[C@H]1C[C@@]23OCO[C@@]24C[C@@H]1CC4[C@]1(C)CCCC(OC(=O)c2ccccc2O)C1C[C@H]3C. The normalized spacial score (nSPS) is 48.0. The number of hydrogen-bond acceptors (Lipinski definition) is 6. The van der Waals surface area contributed by atoms with Gasteiger partial charge in [0, 0.05) is 19.4 Å². The van der Waals surface area contributed by atoms with Crippen molar-refractivity contribution in [3.63, 3.8) is 0 Å². The largest absolute Gasteiger partial charge is 0.507 e. The molecule has 0 radical (unpaired) electrons. The molecule has 6 heteroatoms. The van der Waals surface area contributed by atoms with Crippen molar-refractivity contribution in [2.45, 2.75) is 82.2 Å². The molecule has 33 heavy (non-hydrogen) atoms. The molecule has 1 N–H and O–H groups in total. The quantitative estimate of drug-likeness (QED) is 0.665. The summed E-state index contributed by atoms with van der Waals surface area (Å²) in [6.07, 6.45) is 6.98. The summed E-state index contributed by atoms with van der Waals surface area (Å²) in [5.74, 6) is 0.914. The second kappa shape index (κ2) is 7.43. The number of carbonyl (C=O) groups is 1. The van der Waals surface area contributed by atoms with Crippen molar-refractivity contribution < 1.29 is 28.8 Å². The van der Waals surface area contributed by atoms with Crippen molar-refractivity contribution in [2.24, 2.45) is 29.1 Å². The van der Waals surface area contributed by atoms with Crippen LogP contribution < -0.4 is 0 Å². The number of phenolic OH excluding ortho intramolecular Hbond substituents is 1. The summed E-state index contributed by atoms with van der Waals surface area (Å²) in [6, 6.07) is 6.65. The van der Waals surface area contributed by atoms with Crippen molar-refractivity contribution in [2.75, 3.05) is 13.9 Å². The van der Waals surface area contributed by atoms with Crippen LogP contribution in [0.1, 0.15) is 69.2 Å². The van der Waals surface area contributed by atoms with E-state index in [0.29, 0.717) is 18.6 Å². The van der Waals surface area contributed by atoms with Gasteiger partial charge in [0.15, 0.2) is 0 Å². The fraction of sp³-hybridized carbons (Fsp3) is 0.741. The molecule has 1 aromatic carbocycles. The number of hydrogen-bond donors (Lipinski definition) is 1. The van der Waals surface area contributed by atoms with Crippen LogP contribution in [0.15, 0.2) is 24.3 Å². The molecule has 1 spiro atoms. The van der Waals surface area contributed by atoms with Gasteiger partial charge in [0.1, 0.15) is 35.4 Å². The Bertz CT molecular complexity index is 948. The number of fused-ring (bicyclic) bond motifs is 3. The lowest BCUT2D eigenvalue weighted by Gasteiger charge is -2.53. The zero-order valence-corrected chi connectivity index (χ0v) is 19.9. The monoisotopic (exact) mass is 456 g/mol. The van der Waals surface area contributed by atoms with E-state index in [0.717, 1.165) is 44.9 Å². The molecule has 1 aliphatic heterocycles. The maximum atomic E-state index is 13.1. The number of aromatic hydroxyl groups is 1. The molecule has 9 atom stereocenters. The number of esters is 1. The van der Waals surface area contributed by atoms with Crippen LogP contribution in [-0.4, -0.2) is 48.4 Å². The Balaban J connectivity index is 1.37. The van der Waals surface area contributed by atoms with E-state index in [1.165, 1.54) is 6.07 Å². The predicted octanol–water partition coefficient (Wildman–Crippen LogP) is 4.69. The van der Waals surface area contributed by atoms with E-state index in [4.69, 9.17) is 18.9 Å². The minimum atomic E-state index is -0.424. The van der Waals surface area contributed by atoms with Crippen LogP contribution in [0.3, 0.4) is 0 Å². The average molecular weight is 457 g/mol. The molecule has 6 nitrogen and oxygen atoms in total. The van der Waals surface area contributed by atoms with Gasteiger partial charge in [-0.15, -0.1) is 0 Å². The summed E-state index contributed by atoms with van der Waals surface area (Å²) < 4.78 is 25.4. The third kappa shape index (κ3) is 2.80. The van der Waals surface area contributed by atoms with Crippen LogP contribution in [0, 0.1) is 29.1 Å². The van der Waals surface area contributed by atoms with Gasteiger partial charge in [-0.25, -0.2) is 4.79 Å². The maximum absolute atomic E-state index is 13.1. The summed E-state index contributed by atoms with van der Waals surface area (Å²) >= 11 is 0. The van der Waals surface area contributed by atoms with Crippen LogP contribution in [-0.2, 0) is 18.9 Å². The first-order chi connectivity index (χ1) is 15.8. The molecule has 1 aromatic rings. The number of rotatable bonds is 3. The number of carbonyl (C=O) groups excluding carboxylic acids is 1. The maximum Gasteiger partial charge on any atom is 0.342 e. The minimum Gasteiger partial charge on any atom is -0.507 e. The summed E-state index contributed by atoms with van der Waals surface area (Å²) in [5.41, 5.74) is -0.354. The van der Waals surface area contributed by atoms with Gasteiger partial charge in [0.25, 0.3) is 0 Å². The van der Waals surface area contributed by atoms with Gasteiger partial charge in [-0.2, -0.15) is 0 Å². The van der Waals surface area contributed by atoms with E-state index >= 15 is 0 Å². The number of para-hydroxylation sites is 1. The third-order valence-electron chi connectivity index (χ3n) is 10.4. The molecule has 4 saturated carbocycles. The van der Waals surface area contributed by atoms with Crippen LogP contribution in [0.25, 0.3) is 0 Å². The van der Waals surface area contributed by atoms with Crippen molar-refractivity contribution in [1.82, 2.24) is 0 Å². The fourth-order valence-corrected chi connectivity index (χ4v) is 8.95. The fourth-order valence-electron chi connectivity index (χ4n) is 8.95. The molecule has 1 heterocycles. The summed E-state index contributed by atoms with van der Waals surface area (Å²) in [7, 11) is 1.84. The van der Waals surface area contributed by atoms with Crippen molar-refractivity contribution >= 4 is 5.97 Å². The van der Waals surface area contributed by atoms with E-state index < -0.39 is 5.97 Å². The predicted molar refractivity (Wildman–Crippen MR) is 121 cm³/mol. The van der Waals surface area contributed by atoms with Crippen LogP contribution >= 0.6 is 0 Å². The number of benzene rings is 1. The Morgan fingerprint density at radius 2 is 1.91 bits per heavy atom. The summed E-state index contributed by atoms with van der Waals surface area (Å²) in [4.78, 5) is 13.1. The molecule has 6 rings (SSSR count). The highest BCUT2D eigenvalue weighted by molar-refractivity contribution is 5.92. The zero-order chi connectivity index (χ0) is 23.0. The molecule has 0 amide bonds. The van der Waals surface area contributed by atoms with E-state index in [-0.39, 0.29) is 52.0 Å². The van der Waals surface area contributed by atoms with Crippen LogP contribution in [0.2, 0.25) is 0 Å². The molecule has 2 bridgehead atoms. The van der Waals surface area contributed by atoms with Crippen molar-refractivity contribution in [3.8, 4) is 5.75 Å². The van der Waals surface area contributed by atoms with E-state index in [1.807, 2.05) is 7.11 Å². The Kier molecular flexibility index (Phi) is 4.93. The van der Waals surface area contributed by atoms with Crippen molar-refractivity contribution in [3.05, 3.63) is 29.8 Å². The molecule has 180 valence electrons. The highest BCUT2D eigenvalue weighted by Crippen LogP contribution is 2.71. The van der Waals surface area contributed by atoms with Crippen LogP contribution in [0.4, 0.5) is 0 Å². The highest BCUT2D eigenvalue weighted by atomic mass is 16.7. The molecular weight excluding hydrogens is 420 g/mol. The first kappa shape index (κ1) is 21.9. The summed E-state index contributed by atoms with van der Waals surface area (Å²) in [6.45, 7) is 5.10. The molecule has 4 aliphatic carbocycles. The molecule has 5 fully saturated rings. The van der Waals surface area contributed by atoms with E-state index in [9.17, 15) is 9.90 Å². The Morgan fingerprint density at radius 3 is 2.70 bits per heavy atom. The van der Waals surface area contributed by atoms with Gasteiger partial charge >= 0.3 is 5.97 Å². The first-order valence-electron chi connectivity index (χ1n) is 12.6. The smallest absolute Gasteiger partial charge is 0.342 e. The topological polar surface area (TPSA) is 74.2 Å². The first-order valence-corrected chi connectivity index (χ1v) is 12.6. The minimum absolute atomic E-state index is 0.00300. The molecule has 3 unspecified atom stereocenters. The second-order valence-electron chi connectivity index (χ2n) is 11.5. The van der Waals surface area contributed by atoms with Gasteiger partial charge < -0.3 is 24.1 Å². The van der Waals surface area contributed by atoms with Gasteiger partial charge in [-0.05, 0) is 73.8 Å². The molecule has 5 aliphatic rings.